The number of carbonyl (C=O) groups excluding carboxylic acids is 1. The van der Waals surface area contributed by atoms with Crippen molar-refractivity contribution in [2.45, 2.75) is 24.4 Å². The van der Waals surface area contributed by atoms with Crippen LogP contribution in [0.25, 0.3) is 0 Å². The molecular formula is C13H21N3O2S. The van der Waals surface area contributed by atoms with Crippen molar-refractivity contribution in [3.8, 4) is 0 Å². The molecule has 1 aliphatic heterocycles. The Hall–Kier alpha value is -1.01. The second-order valence-electron chi connectivity index (χ2n) is 4.81. The van der Waals surface area contributed by atoms with Crippen LogP contribution in [0, 0.1) is 5.92 Å². The first-order valence-corrected chi connectivity index (χ1v) is 7.69. The highest BCUT2D eigenvalue weighted by molar-refractivity contribution is 7.99. The van der Waals surface area contributed by atoms with E-state index in [-0.39, 0.29) is 5.91 Å². The minimum Gasteiger partial charge on any atom is -0.381 e. The van der Waals surface area contributed by atoms with Crippen molar-refractivity contribution < 1.29 is 9.53 Å². The van der Waals surface area contributed by atoms with Gasteiger partial charge in [0.15, 0.2) is 5.16 Å². The summed E-state index contributed by atoms with van der Waals surface area (Å²) in [5, 5.41) is 3.94. The van der Waals surface area contributed by atoms with Crippen molar-refractivity contribution in [1.29, 1.82) is 0 Å². The van der Waals surface area contributed by atoms with Crippen LogP contribution in [0.3, 0.4) is 0 Å². The predicted octanol–water partition coefficient (Wildman–Crippen LogP) is 1.45. The fourth-order valence-electron chi connectivity index (χ4n) is 2.13. The third-order valence-corrected chi connectivity index (χ3v) is 4.22. The molecule has 1 amide bonds. The monoisotopic (exact) mass is 283 g/mol. The molecule has 19 heavy (non-hydrogen) atoms. The average molecular weight is 283 g/mol. The van der Waals surface area contributed by atoms with Crippen LogP contribution in [0.4, 0.5) is 0 Å². The summed E-state index contributed by atoms with van der Waals surface area (Å²) in [6.45, 7) is 2.26. The topological polar surface area (TPSA) is 56.2 Å². The van der Waals surface area contributed by atoms with Gasteiger partial charge in [0.05, 0.1) is 0 Å². The van der Waals surface area contributed by atoms with Crippen LogP contribution in [0.2, 0.25) is 0 Å². The van der Waals surface area contributed by atoms with Crippen LogP contribution in [-0.2, 0) is 16.6 Å². The van der Waals surface area contributed by atoms with Gasteiger partial charge in [0, 0.05) is 51.4 Å². The predicted molar refractivity (Wildman–Crippen MR) is 75.1 cm³/mol. The van der Waals surface area contributed by atoms with Crippen LogP contribution in [0.5, 0.6) is 0 Å². The number of imidazole rings is 1. The number of rotatable bonds is 6. The first-order valence-electron chi connectivity index (χ1n) is 6.70. The number of hydrogen-bond donors (Lipinski definition) is 1. The fraction of sp³-hybridized carbons (Fsp3) is 0.692. The van der Waals surface area contributed by atoms with Crippen molar-refractivity contribution in [3.05, 3.63) is 12.4 Å². The standard InChI is InChI=1S/C13H21N3O2S/c1-16-6-4-15-13(16)19-8-5-14-12(17)9-11-3-2-7-18-10-11/h4,6,11H,2-3,5,7-10H2,1H3,(H,14,17)/t11-/m1/s1. The highest BCUT2D eigenvalue weighted by atomic mass is 32.2. The zero-order chi connectivity index (χ0) is 13.5. The molecule has 6 heteroatoms. The molecule has 106 valence electrons. The second-order valence-corrected chi connectivity index (χ2v) is 5.87. The number of thioether (sulfide) groups is 1. The van der Waals surface area contributed by atoms with Gasteiger partial charge in [-0.2, -0.15) is 0 Å². The van der Waals surface area contributed by atoms with Crippen molar-refractivity contribution in [1.82, 2.24) is 14.9 Å². The van der Waals surface area contributed by atoms with Crippen molar-refractivity contribution in [2.75, 3.05) is 25.5 Å². The van der Waals surface area contributed by atoms with Gasteiger partial charge in [0.25, 0.3) is 0 Å². The van der Waals surface area contributed by atoms with Gasteiger partial charge in [-0.05, 0) is 18.8 Å². The van der Waals surface area contributed by atoms with Crippen LogP contribution in [-0.4, -0.2) is 41.0 Å². The van der Waals surface area contributed by atoms with Gasteiger partial charge in [0.1, 0.15) is 0 Å². The molecule has 5 nitrogen and oxygen atoms in total. The molecule has 1 N–H and O–H groups in total. The molecule has 1 aromatic heterocycles. The normalized spacial score (nSPS) is 19.3. The van der Waals surface area contributed by atoms with E-state index in [0.717, 1.165) is 37.0 Å². The van der Waals surface area contributed by atoms with Gasteiger partial charge in [-0.15, -0.1) is 0 Å². The molecule has 0 spiro atoms. The first-order chi connectivity index (χ1) is 9.25. The number of nitrogens with zero attached hydrogens (tertiary/aromatic N) is 2. The van der Waals surface area contributed by atoms with Gasteiger partial charge in [-0.1, -0.05) is 11.8 Å². The smallest absolute Gasteiger partial charge is 0.220 e. The Morgan fingerprint density at radius 3 is 3.26 bits per heavy atom. The van der Waals surface area contributed by atoms with Gasteiger partial charge >= 0.3 is 0 Å². The van der Waals surface area contributed by atoms with Crippen molar-refractivity contribution >= 4 is 17.7 Å². The molecule has 1 aromatic rings. The van der Waals surface area contributed by atoms with Gasteiger partial charge in [0.2, 0.25) is 5.91 Å². The maximum absolute atomic E-state index is 11.7. The Morgan fingerprint density at radius 1 is 1.68 bits per heavy atom. The second kappa shape index (κ2) is 7.55. The minimum absolute atomic E-state index is 0.135. The van der Waals surface area contributed by atoms with Gasteiger partial charge in [-0.25, -0.2) is 4.98 Å². The fourth-order valence-corrected chi connectivity index (χ4v) is 2.91. The lowest BCUT2D eigenvalue weighted by Crippen LogP contribution is -2.30. The Bertz CT molecular complexity index is 402. The van der Waals surface area contributed by atoms with E-state index in [4.69, 9.17) is 4.74 Å². The van der Waals surface area contributed by atoms with E-state index in [1.165, 1.54) is 0 Å². The molecular weight excluding hydrogens is 262 g/mol. The first kappa shape index (κ1) is 14.4. The Kier molecular flexibility index (Phi) is 5.72. The van der Waals surface area contributed by atoms with Gasteiger partial charge < -0.3 is 14.6 Å². The van der Waals surface area contributed by atoms with Gasteiger partial charge in [-0.3, -0.25) is 4.79 Å². The molecule has 0 saturated carbocycles. The van der Waals surface area contributed by atoms with E-state index in [0.29, 0.717) is 18.9 Å². The third kappa shape index (κ3) is 4.87. The quantitative estimate of drug-likeness (QED) is 0.634. The molecule has 0 radical (unpaired) electrons. The molecule has 0 aromatic carbocycles. The number of hydrogen-bond acceptors (Lipinski definition) is 4. The summed E-state index contributed by atoms with van der Waals surface area (Å²) in [5.74, 6) is 1.38. The number of carbonyl (C=O) groups is 1. The van der Waals surface area contributed by atoms with Crippen LogP contribution >= 0.6 is 11.8 Å². The summed E-state index contributed by atoms with van der Waals surface area (Å²) in [6, 6.07) is 0. The Morgan fingerprint density at radius 2 is 2.58 bits per heavy atom. The minimum atomic E-state index is 0.135. The van der Waals surface area contributed by atoms with Crippen LogP contribution in [0.1, 0.15) is 19.3 Å². The molecule has 0 bridgehead atoms. The lowest BCUT2D eigenvalue weighted by Gasteiger charge is -2.21. The maximum atomic E-state index is 11.7. The maximum Gasteiger partial charge on any atom is 0.220 e. The van der Waals surface area contributed by atoms with E-state index in [1.807, 2.05) is 17.8 Å². The lowest BCUT2D eigenvalue weighted by molar-refractivity contribution is -0.122. The summed E-state index contributed by atoms with van der Waals surface area (Å²) in [4.78, 5) is 16.0. The summed E-state index contributed by atoms with van der Waals surface area (Å²) >= 11 is 1.65. The number of nitrogens with one attached hydrogen (secondary N) is 1. The molecule has 0 aliphatic carbocycles. The summed E-state index contributed by atoms with van der Waals surface area (Å²) < 4.78 is 7.35. The summed E-state index contributed by atoms with van der Waals surface area (Å²) in [5.41, 5.74) is 0. The molecule has 1 aliphatic rings. The Balaban J connectivity index is 1.57. The van der Waals surface area contributed by atoms with Crippen LogP contribution < -0.4 is 5.32 Å². The SMILES string of the molecule is Cn1ccnc1SCCNC(=O)C[C@H]1CCCOC1. The van der Waals surface area contributed by atoms with E-state index < -0.39 is 0 Å². The van der Waals surface area contributed by atoms with Crippen LogP contribution in [0.15, 0.2) is 17.6 Å². The zero-order valence-electron chi connectivity index (χ0n) is 11.3. The zero-order valence-corrected chi connectivity index (χ0v) is 12.1. The molecule has 2 rings (SSSR count). The Labute approximate surface area is 118 Å². The summed E-state index contributed by atoms with van der Waals surface area (Å²) in [7, 11) is 1.97. The average Bonchev–Trinajstić information content (AvgIpc) is 2.81. The molecule has 1 saturated heterocycles. The van der Waals surface area contributed by atoms with Crippen molar-refractivity contribution in [3.63, 3.8) is 0 Å². The van der Waals surface area contributed by atoms with Crippen molar-refractivity contribution in [2.24, 2.45) is 13.0 Å². The lowest BCUT2D eigenvalue weighted by atomic mass is 9.98. The molecule has 0 unspecified atom stereocenters. The van der Waals surface area contributed by atoms with E-state index in [1.54, 1.807) is 18.0 Å². The molecule has 2 heterocycles. The van der Waals surface area contributed by atoms with E-state index in [2.05, 4.69) is 10.3 Å². The molecule has 1 fully saturated rings. The highest BCUT2D eigenvalue weighted by Gasteiger charge is 2.17. The van der Waals surface area contributed by atoms with E-state index >= 15 is 0 Å². The number of ether oxygens (including phenoxy) is 1. The largest absolute Gasteiger partial charge is 0.381 e. The number of amides is 1. The summed E-state index contributed by atoms with van der Waals surface area (Å²) in [6.07, 6.45) is 6.48. The molecule has 1 atom stereocenters. The number of aryl methyl sites for hydroxylation is 1. The third-order valence-electron chi connectivity index (χ3n) is 3.16. The van der Waals surface area contributed by atoms with E-state index in [9.17, 15) is 4.79 Å². The highest BCUT2D eigenvalue weighted by Crippen LogP contribution is 2.17. The number of aromatic nitrogens is 2.